The van der Waals surface area contributed by atoms with Crippen LogP contribution >= 0.6 is 0 Å². The maximum absolute atomic E-state index is 13.1. The number of carboxylic acids is 1. The SMILES string of the molecule is CN(C(=O)Nc1ccc(F)c(F)c1)C1COCC1C(=O)O. The molecule has 1 saturated heterocycles. The number of amides is 2. The first kappa shape index (κ1) is 15.2. The Morgan fingerprint density at radius 2 is 2.05 bits per heavy atom. The highest BCUT2D eigenvalue weighted by atomic mass is 19.2. The van der Waals surface area contributed by atoms with Crippen molar-refractivity contribution in [2.24, 2.45) is 5.92 Å². The summed E-state index contributed by atoms with van der Waals surface area (Å²) in [5.41, 5.74) is 0.0801. The number of hydrogen-bond acceptors (Lipinski definition) is 3. The number of carbonyl (C=O) groups excluding carboxylic acids is 1. The first-order valence-corrected chi connectivity index (χ1v) is 6.19. The number of urea groups is 1. The summed E-state index contributed by atoms with van der Waals surface area (Å²) in [5.74, 6) is -3.96. The Hall–Kier alpha value is -2.22. The Morgan fingerprint density at radius 1 is 1.33 bits per heavy atom. The van der Waals surface area contributed by atoms with E-state index in [0.717, 1.165) is 12.1 Å². The van der Waals surface area contributed by atoms with Crippen LogP contribution in [-0.2, 0) is 9.53 Å². The summed E-state index contributed by atoms with van der Waals surface area (Å²) in [6, 6.07) is 1.71. The molecular formula is C13H14F2N2O4. The molecule has 2 atom stereocenters. The van der Waals surface area contributed by atoms with E-state index in [1.165, 1.54) is 18.0 Å². The van der Waals surface area contributed by atoms with Gasteiger partial charge in [0.1, 0.15) is 5.92 Å². The summed E-state index contributed by atoms with van der Waals surface area (Å²) >= 11 is 0. The van der Waals surface area contributed by atoms with E-state index in [9.17, 15) is 18.4 Å². The van der Waals surface area contributed by atoms with Gasteiger partial charge in [0.05, 0.1) is 19.3 Å². The Balaban J connectivity index is 2.05. The molecule has 2 N–H and O–H groups in total. The number of hydrogen-bond donors (Lipinski definition) is 2. The van der Waals surface area contributed by atoms with Crippen molar-refractivity contribution in [2.75, 3.05) is 25.6 Å². The van der Waals surface area contributed by atoms with Crippen molar-refractivity contribution < 1.29 is 28.2 Å². The standard InChI is InChI=1S/C13H14F2N2O4/c1-17(11-6-21-5-8(11)12(18)19)13(20)16-7-2-3-9(14)10(15)4-7/h2-4,8,11H,5-6H2,1H3,(H,16,20)(H,18,19). The van der Waals surface area contributed by atoms with Gasteiger partial charge in [-0.15, -0.1) is 0 Å². The van der Waals surface area contributed by atoms with Gasteiger partial charge in [-0.2, -0.15) is 0 Å². The maximum Gasteiger partial charge on any atom is 0.321 e. The molecule has 6 nitrogen and oxygen atoms in total. The normalized spacial score (nSPS) is 21.1. The van der Waals surface area contributed by atoms with Gasteiger partial charge in [-0.25, -0.2) is 13.6 Å². The van der Waals surface area contributed by atoms with Gasteiger partial charge in [0.25, 0.3) is 0 Å². The van der Waals surface area contributed by atoms with E-state index in [1.54, 1.807) is 0 Å². The van der Waals surface area contributed by atoms with Crippen molar-refractivity contribution in [2.45, 2.75) is 6.04 Å². The molecule has 0 bridgehead atoms. The van der Waals surface area contributed by atoms with Gasteiger partial charge in [-0.05, 0) is 12.1 Å². The van der Waals surface area contributed by atoms with Gasteiger partial charge in [-0.3, -0.25) is 4.79 Å². The fourth-order valence-electron chi connectivity index (χ4n) is 2.10. The number of ether oxygens (including phenoxy) is 1. The van der Waals surface area contributed by atoms with Crippen LogP contribution in [0.2, 0.25) is 0 Å². The molecule has 0 radical (unpaired) electrons. The number of carboxylic acid groups (broad SMARTS) is 1. The number of nitrogens with zero attached hydrogens (tertiary/aromatic N) is 1. The summed E-state index contributed by atoms with van der Waals surface area (Å²) in [5, 5.41) is 11.4. The first-order valence-electron chi connectivity index (χ1n) is 6.19. The average Bonchev–Trinajstić information content (AvgIpc) is 2.91. The zero-order chi connectivity index (χ0) is 15.6. The highest BCUT2D eigenvalue weighted by Crippen LogP contribution is 2.20. The predicted octanol–water partition coefficient (Wildman–Crippen LogP) is 1.53. The van der Waals surface area contributed by atoms with Crippen molar-refractivity contribution in [3.63, 3.8) is 0 Å². The number of benzene rings is 1. The summed E-state index contributed by atoms with van der Waals surface area (Å²) in [4.78, 5) is 24.3. The lowest BCUT2D eigenvalue weighted by Crippen LogP contribution is -2.45. The van der Waals surface area contributed by atoms with Crippen molar-refractivity contribution in [3.8, 4) is 0 Å². The van der Waals surface area contributed by atoms with E-state index in [1.807, 2.05) is 0 Å². The summed E-state index contributed by atoms with van der Waals surface area (Å²) in [7, 11) is 1.42. The number of anilines is 1. The summed E-state index contributed by atoms with van der Waals surface area (Å²) in [6.07, 6.45) is 0. The lowest BCUT2D eigenvalue weighted by molar-refractivity contribution is -0.142. The fourth-order valence-corrected chi connectivity index (χ4v) is 2.10. The molecule has 2 rings (SSSR count). The predicted molar refractivity (Wildman–Crippen MR) is 68.9 cm³/mol. The van der Waals surface area contributed by atoms with E-state index in [2.05, 4.69) is 5.32 Å². The van der Waals surface area contributed by atoms with Crippen LogP contribution in [-0.4, -0.2) is 48.3 Å². The Labute approximate surface area is 119 Å². The molecule has 1 aliphatic heterocycles. The van der Waals surface area contributed by atoms with Gasteiger partial charge in [-0.1, -0.05) is 0 Å². The van der Waals surface area contributed by atoms with E-state index >= 15 is 0 Å². The molecule has 1 aromatic rings. The van der Waals surface area contributed by atoms with E-state index in [4.69, 9.17) is 9.84 Å². The van der Waals surface area contributed by atoms with E-state index in [-0.39, 0.29) is 18.9 Å². The Morgan fingerprint density at radius 3 is 2.67 bits per heavy atom. The fraction of sp³-hybridized carbons (Fsp3) is 0.385. The van der Waals surface area contributed by atoms with Gasteiger partial charge in [0.2, 0.25) is 0 Å². The Kier molecular flexibility index (Phi) is 4.37. The summed E-state index contributed by atoms with van der Waals surface area (Å²) in [6.45, 7) is 0.140. The third-order valence-electron chi connectivity index (χ3n) is 3.36. The number of likely N-dealkylation sites (N-methyl/N-ethyl adjacent to an activating group) is 1. The first-order chi connectivity index (χ1) is 9.90. The van der Waals surface area contributed by atoms with Crippen molar-refractivity contribution in [3.05, 3.63) is 29.8 Å². The quantitative estimate of drug-likeness (QED) is 0.887. The van der Waals surface area contributed by atoms with Crippen LogP contribution in [0, 0.1) is 17.6 Å². The van der Waals surface area contributed by atoms with E-state index in [0.29, 0.717) is 0 Å². The van der Waals surface area contributed by atoms with Gasteiger partial charge in [0.15, 0.2) is 11.6 Å². The average molecular weight is 300 g/mol. The summed E-state index contributed by atoms with van der Waals surface area (Å²) < 4.78 is 30.9. The van der Waals surface area contributed by atoms with Crippen molar-refractivity contribution >= 4 is 17.7 Å². The van der Waals surface area contributed by atoms with Crippen LogP contribution in [0.3, 0.4) is 0 Å². The van der Waals surface area contributed by atoms with Gasteiger partial charge < -0.3 is 20.1 Å². The van der Waals surface area contributed by atoms with Crippen LogP contribution < -0.4 is 5.32 Å². The molecule has 1 aromatic carbocycles. The second kappa shape index (κ2) is 6.04. The van der Waals surface area contributed by atoms with Gasteiger partial charge in [0, 0.05) is 18.8 Å². The zero-order valence-electron chi connectivity index (χ0n) is 11.2. The third kappa shape index (κ3) is 3.27. The number of carbonyl (C=O) groups is 2. The zero-order valence-corrected chi connectivity index (χ0v) is 11.2. The third-order valence-corrected chi connectivity index (χ3v) is 3.36. The molecule has 0 aromatic heterocycles. The van der Waals surface area contributed by atoms with Crippen molar-refractivity contribution in [1.82, 2.24) is 4.90 Å². The molecule has 2 unspecified atom stereocenters. The lowest BCUT2D eigenvalue weighted by Gasteiger charge is -2.26. The lowest BCUT2D eigenvalue weighted by atomic mass is 10.0. The van der Waals surface area contributed by atoms with Crippen molar-refractivity contribution in [1.29, 1.82) is 0 Å². The highest BCUT2D eigenvalue weighted by molar-refractivity contribution is 5.89. The molecule has 8 heteroatoms. The molecule has 0 saturated carbocycles. The molecule has 0 spiro atoms. The number of halogens is 2. The maximum atomic E-state index is 13.1. The van der Waals surface area contributed by atoms with Crippen LogP contribution in [0.15, 0.2) is 18.2 Å². The molecule has 2 amide bonds. The molecular weight excluding hydrogens is 286 g/mol. The van der Waals surface area contributed by atoms with Crippen LogP contribution in [0.4, 0.5) is 19.3 Å². The minimum atomic E-state index is -1.08. The number of aliphatic carboxylic acids is 1. The number of rotatable bonds is 3. The van der Waals surface area contributed by atoms with Crippen LogP contribution in [0.25, 0.3) is 0 Å². The minimum Gasteiger partial charge on any atom is -0.481 e. The second-order valence-electron chi connectivity index (χ2n) is 4.72. The van der Waals surface area contributed by atoms with Crippen LogP contribution in [0.5, 0.6) is 0 Å². The second-order valence-corrected chi connectivity index (χ2v) is 4.72. The van der Waals surface area contributed by atoms with Gasteiger partial charge >= 0.3 is 12.0 Å². The molecule has 0 aliphatic carbocycles. The molecule has 1 fully saturated rings. The van der Waals surface area contributed by atoms with E-state index < -0.39 is 35.6 Å². The van der Waals surface area contributed by atoms with Crippen LogP contribution in [0.1, 0.15) is 0 Å². The topological polar surface area (TPSA) is 78.9 Å². The smallest absolute Gasteiger partial charge is 0.321 e. The molecule has 21 heavy (non-hydrogen) atoms. The minimum absolute atomic E-state index is 0.0306. The molecule has 1 heterocycles. The number of nitrogens with one attached hydrogen (secondary N) is 1. The molecule has 114 valence electrons. The highest BCUT2D eigenvalue weighted by Gasteiger charge is 2.38. The Bertz CT molecular complexity index is 567. The molecule has 1 aliphatic rings. The monoisotopic (exact) mass is 300 g/mol. The largest absolute Gasteiger partial charge is 0.481 e.